The summed E-state index contributed by atoms with van der Waals surface area (Å²) in [6.45, 7) is 6.28. The highest BCUT2D eigenvalue weighted by molar-refractivity contribution is 8.85. The van der Waals surface area contributed by atoms with Crippen LogP contribution in [0.15, 0.2) is 23.5 Å². The summed E-state index contributed by atoms with van der Waals surface area (Å²) >= 11 is 9.01. The van der Waals surface area contributed by atoms with Crippen LogP contribution in [0.25, 0.3) is 0 Å². The van der Waals surface area contributed by atoms with Gasteiger partial charge in [0, 0.05) is 6.42 Å². The summed E-state index contributed by atoms with van der Waals surface area (Å²) in [5.41, 5.74) is 1.88. The van der Waals surface area contributed by atoms with Crippen molar-refractivity contribution in [1.82, 2.24) is 0 Å². The molecule has 0 heterocycles. The van der Waals surface area contributed by atoms with Crippen molar-refractivity contribution in [3.8, 4) is 0 Å². The maximum Gasteiger partial charge on any atom is 0.352 e. The summed E-state index contributed by atoms with van der Waals surface area (Å²) in [5.74, 6) is -1.95. The number of quaternary nitrogens is 1. The quantitative estimate of drug-likeness (QED) is 0.401. The van der Waals surface area contributed by atoms with Crippen molar-refractivity contribution in [3.05, 3.63) is 23.5 Å². The summed E-state index contributed by atoms with van der Waals surface area (Å²) in [7, 11) is 0. The van der Waals surface area contributed by atoms with Gasteiger partial charge in [0.25, 0.3) is 0 Å². The third kappa shape index (κ3) is 3.95. The van der Waals surface area contributed by atoms with E-state index in [0.717, 1.165) is 6.42 Å². The molecule has 1 aliphatic rings. The molecule has 2 nitrogen and oxygen atoms in total. The molecule has 1 rings (SSSR count). The van der Waals surface area contributed by atoms with Gasteiger partial charge < -0.3 is 0 Å². The zero-order chi connectivity index (χ0) is 10.8. The maximum absolute atomic E-state index is 5.68. The van der Waals surface area contributed by atoms with Gasteiger partial charge in [-0.1, -0.05) is 12.2 Å². The largest absolute Gasteiger partial charge is 0.352 e. The van der Waals surface area contributed by atoms with E-state index in [9.17, 15) is 0 Å². The van der Waals surface area contributed by atoms with E-state index < -0.39 is 5.89 Å². The van der Waals surface area contributed by atoms with Gasteiger partial charge in [-0.15, -0.1) is 0 Å². The topological polar surface area (TPSA) is 25.8 Å². The lowest BCUT2D eigenvalue weighted by Crippen LogP contribution is -2.92. The lowest BCUT2D eigenvalue weighted by atomic mass is 10.1. The highest BCUT2D eigenvalue weighted by Gasteiger charge is 2.43. The smallest absolute Gasteiger partial charge is 0.157 e. The fourth-order valence-electron chi connectivity index (χ4n) is 0.951. The number of allylic oxidation sites excluding steroid dienone is 4. The molecule has 0 saturated heterocycles. The number of rotatable bonds is 3. The van der Waals surface area contributed by atoms with Gasteiger partial charge in [-0.05, 0) is 31.5 Å². The molecule has 80 valence electrons. The molecule has 0 spiro atoms. The van der Waals surface area contributed by atoms with Crippen molar-refractivity contribution in [3.63, 3.8) is 0 Å². The second-order valence-corrected chi connectivity index (χ2v) is 10.6. The Kier molecular flexibility index (Phi) is 4.12. The molecule has 0 atom stereocenters. The number of hydrogen-bond donors (Lipinski definition) is 3. The molecule has 0 aromatic carbocycles. The highest BCUT2D eigenvalue weighted by Crippen LogP contribution is 2.75. The molecule has 2 N–H and O–H groups in total. The van der Waals surface area contributed by atoms with Gasteiger partial charge in [-0.2, -0.15) is 5.48 Å². The van der Waals surface area contributed by atoms with E-state index in [0.29, 0.717) is 0 Å². The molecule has 0 unspecified atom stereocenters. The van der Waals surface area contributed by atoms with Gasteiger partial charge in [-0.3, -0.25) is 0 Å². The first kappa shape index (κ1) is 12.6. The van der Waals surface area contributed by atoms with Gasteiger partial charge in [0.2, 0.25) is 0 Å². The van der Waals surface area contributed by atoms with E-state index in [-0.39, 0.29) is 5.54 Å². The zero-order valence-corrected chi connectivity index (χ0v) is 11.4. The fraction of sp³-hybridized carbons (Fsp3) is 0.556. The molecule has 0 aromatic heterocycles. The Balaban J connectivity index is 2.50. The van der Waals surface area contributed by atoms with Crippen LogP contribution < -0.4 is 5.48 Å². The Labute approximate surface area is 96.9 Å². The normalized spacial score (nSPS) is 17.4. The summed E-state index contributed by atoms with van der Waals surface area (Å²) in [6, 6.07) is 0. The van der Waals surface area contributed by atoms with Gasteiger partial charge >= 0.3 is 5.89 Å². The van der Waals surface area contributed by atoms with Crippen molar-refractivity contribution in [2.24, 2.45) is 0 Å². The average molecular weight is 251 g/mol. The third-order valence-electron chi connectivity index (χ3n) is 1.68. The average Bonchev–Trinajstić information content (AvgIpc) is 2.52. The zero-order valence-electron chi connectivity index (χ0n) is 8.77. The molecule has 0 amide bonds. The number of thiol groups is 2. The van der Waals surface area contributed by atoms with Gasteiger partial charge in [-0.25, -0.2) is 0 Å². The van der Waals surface area contributed by atoms with E-state index in [1.807, 2.05) is 17.6 Å². The fourth-order valence-corrected chi connectivity index (χ4v) is 3.35. The van der Waals surface area contributed by atoms with Crippen molar-refractivity contribution >= 4 is 30.4 Å². The Bertz CT molecular complexity index is 268. The molecule has 0 bridgehead atoms. The van der Waals surface area contributed by atoms with E-state index in [1.165, 1.54) is 5.31 Å². The van der Waals surface area contributed by atoms with Crippen LogP contribution in [0.3, 0.4) is 0 Å². The van der Waals surface area contributed by atoms with Crippen LogP contribution >= 0.6 is 30.4 Å². The Morgan fingerprint density at radius 2 is 2.07 bits per heavy atom. The Hall–Kier alpha value is 0.530. The van der Waals surface area contributed by atoms with Gasteiger partial charge in [0.05, 0.1) is 24.5 Å². The summed E-state index contributed by atoms with van der Waals surface area (Å²) in [5, 5.41) is 1.18. The maximum atomic E-state index is 5.68. The standard InChI is InChI=1S/C9H17NOPS2/c1-9(2,3)10-11-12(13,14)8-6-4-5-7-8/h4-6,10,13-14H,7H2,1-3H3/q+1/p+1. The van der Waals surface area contributed by atoms with Crippen molar-refractivity contribution in [2.75, 3.05) is 0 Å². The monoisotopic (exact) mass is 251 g/mol. The van der Waals surface area contributed by atoms with Crippen LogP contribution in [-0.4, -0.2) is 5.54 Å². The van der Waals surface area contributed by atoms with Gasteiger partial charge in [0.1, 0.15) is 10.9 Å². The minimum atomic E-state index is -1.95. The molecular weight excluding hydrogens is 233 g/mol. The molecule has 0 aliphatic heterocycles. The third-order valence-corrected chi connectivity index (χ3v) is 5.27. The van der Waals surface area contributed by atoms with Crippen LogP contribution in [0.1, 0.15) is 27.2 Å². The Morgan fingerprint density at radius 1 is 1.43 bits per heavy atom. The van der Waals surface area contributed by atoms with E-state index in [2.05, 4.69) is 51.3 Å². The summed E-state index contributed by atoms with van der Waals surface area (Å²) in [4.78, 5) is 0. The first-order valence-electron chi connectivity index (χ1n) is 4.55. The molecule has 0 saturated carbocycles. The van der Waals surface area contributed by atoms with Crippen LogP contribution in [-0.2, 0) is 4.62 Å². The second-order valence-electron chi connectivity index (χ2n) is 4.42. The number of hydroxylamine groups is 1. The number of nitrogens with two attached hydrogens (primary N) is 1. The molecule has 0 fully saturated rings. The molecule has 0 radical (unpaired) electrons. The SMILES string of the molecule is CC(C)(C)[NH2+]O[P+](S)(S)C1=CC=CC1. The minimum Gasteiger partial charge on any atom is -0.157 e. The minimum absolute atomic E-state index is 0.0449. The molecule has 14 heavy (non-hydrogen) atoms. The number of hydrogen-bond acceptors (Lipinski definition) is 3. The van der Waals surface area contributed by atoms with Gasteiger partial charge in [0.15, 0.2) is 0 Å². The van der Waals surface area contributed by atoms with E-state index in [4.69, 9.17) is 4.62 Å². The molecule has 5 heteroatoms. The Morgan fingerprint density at radius 3 is 2.50 bits per heavy atom. The first-order valence-corrected chi connectivity index (χ1v) is 8.56. The van der Waals surface area contributed by atoms with Crippen LogP contribution in [0.4, 0.5) is 0 Å². The van der Waals surface area contributed by atoms with Crippen molar-refractivity contribution < 1.29 is 10.1 Å². The summed E-state index contributed by atoms with van der Waals surface area (Å²) in [6.07, 6.45) is 7.08. The van der Waals surface area contributed by atoms with Crippen LogP contribution in [0.2, 0.25) is 0 Å². The molecule has 1 aliphatic carbocycles. The van der Waals surface area contributed by atoms with E-state index in [1.54, 1.807) is 0 Å². The van der Waals surface area contributed by atoms with Crippen LogP contribution in [0, 0.1) is 0 Å². The highest BCUT2D eigenvalue weighted by atomic mass is 33.1. The first-order chi connectivity index (χ1) is 6.31. The lowest BCUT2D eigenvalue weighted by Gasteiger charge is -2.17. The van der Waals surface area contributed by atoms with Crippen molar-refractivity contribution in [1.29, 1.82) is 0 Å². The van der Waals surface area contributed by atoms with E-state index >= 15 is 0 Å². The predicted molar refractivity (Wildman–Crippen MR) is 69.5 cm³/mol. The van der Waals surface area contributed by atoms with Crippen LogP contribution in [0.5, 0.6) is 0 Å². The predicted octanol–water partition coefficient (Wildman–Crippen LogP) is 2.75. The molecule has 0 aromatic rings. The lowest BCUT2D eigenvalue weighted by molar-refractivity contribution is -0.903. The second kappa shape index (κ2) is 4.58. The van der Waals surface area contributed by atoms with Crippen molar-refractivity contribution in [2.45, 2.75) is 32.7 Å². The summed E-state index contributed by atoms with van der Waals surface area (Å²) < 4.78 is 5.68. The molecular formula is C9H18NOPS2+2.